The quantitative estimate of drug-likeness (QED) is 0.592. The molecule has 1 nitrogen and oxygen atoms in total. The fraction of sp³-hybridized carbons (Fsp3) is 0.125. The van der Waals surface area contributed by atoms with Gasteiger partial charge in [0.1, 0.15) is 0 Å². The van der Waals surface area contributed by atoms with Crippen LogP contribution in [0.1, 0.15) is 0 Å². The van der Waals surface area contributed by atoms with Gasteiger partial charge in [-0.05, 0) is 0 Å². The maximum absolute atomic E-state index is 5.29. The molecule has 2 aromatic rings. The van der Waals surface area contributed by atoms with Crippen molar-refractivity contribution in [3.63, 3.8) is 0 Å². The fourth-order valence-corrected chi connectivity index (χ4v) is 4.24. The summed E-state index contributed by atoms with van der Waals surface area (Å²) in [7, 11) is 1.74. The van der Waals surface area contributed by atoms with Gasteiger partial charge in [0.05, 0.1) is 0 Å². The summed E-state index contributed by atoms with van der Waals surface area (Å²) in [5.41, 5.74) is 0. The number of rotatable bonds is 6. The Hall–Kier alpha value is -0.991. The Morgan fingerprint density at radius 1 is 1.05 bits per heavy atom. The second kappa shape index (κ2) is 8.23. The van der Waals surface area contributed by atoms with E-state index in [-0.39, 0.29) is 0 Å². The van der Waals surface area contributed by atoms with Crippen molar-refractivity contribution >= 4 is 31.2 Å². The van der Waals surface area contributed by atoms with Gasteiger partial charge in [-0.15, -0.1) is 0 Å². The SMILES string of the molecule is COC/C(=C/[Se]c1ccccc1)Sc1ccccc1. The number of thioether (sulfide) groups is 1. The van der Waals surface area contributed by atoms with Gasteiger partial charge in [-0.25, -0.2) is 0 Å². The zero-order valence-corrected chi connectivity index (χ0v) is 13.3. The average Bonchev–Trinajstić information content (AvgIpc) is 2.47. The van der Waals surface area contributed by atoms with Gasteiger partial charge in [0.25, 0.3) is 0 Å². The fourth-order valence-electron chi connectivity index (χ4n) is 1.50. The van der Waals surface area contributed by atoms with Crippen LogP contribution in [0.25, 0.3) is 0 Å². The predicted molar refractivity (Wildman–Crippen MR) is 84.1 cm³/mol. The van der Waals surface area contributed by atoms with Crippen LogP contribution in [0, 0.1) is 0 Å². The van der Waals surface area contributed by atoms with E-state index in [1.54, 1.807) is 18.9 Å². The van der Waals surface area contributed by atoms with E-state index < -0.39 is 0 Å². The molecule has 0 fully saturated rings. The number of hydrogen-bond acceptors (Lipinski definition) is 2. The first kappa shape index (κ1) is 14.4. The van der Waals surface area contributed by atoms with E-state index in [9.17, 15) is 0 Å². The van der Waals surface area contributed by atoms with Crippen molar-refractivity contribution in [1.82, 2.24) is 0 Å². The molecule has 2 aromatic carbocycles. The minimum atomic E-state index is 0.358. The van der Waals surface area contributed by atoms with Crippen molar-refractivity contribution in [1.29, 1.82) is 0 Å². The van der Waals surface area contributed by atoms with Gasteiger partial charge in [0.2, 0.25) is 0 Å². The molecule has 0 saturated heterocycles. The molecule has 0 aliphatic carbocycles. The van der Waals surface area contributed by atoms with Gasteiger partial charge < -0.3 is 0 Å². The third-order valence-corrected chi connectivity index (χ3v) is 5.68. The summed E-state index contributed by atoms with van der Waals surface area (Å²) in [6, 6.07) is 21.0. The summed E-state index contributed by atoms with van der Waals surface area (Å²) in [5, 5.41) is 0. The predicted octanol–water partition coefficient (Wildman–Crippen LogP) is 3.30. The molecule has 0 aliphatic heterocycles. The Labute approximate surface area is 125 Å². The van der Waals surface area contributed by atoms with Crippen molar-refractivity contribution in [3.05, 3.63) is 70.5 Å². The van der Waals surface area contributed by atoms with Crippen LogP contribution in [0.15, 0.2) is 75.4 Å². The van der Waals surface area contributed by atoms with Crippen molar-refractivity contribution in [2.45, 2.75) is 4.90 Å². The molecule has 0 saturated carbocycles. The van der Waals surface area contributed by atoms with Crippen LogP contribution in [0.5, 0.6) is 0 Å². The maximum atomic E-state index is 5.29. The number of ether oxygens (including phenoxy) is 1. The molecule has 0 aromatic heterocycles. The molecule has 0 spiro atoms. The minimum absolute atomic E-state index is 0.358. The molecule has 0 unspecified atom stereocenters. The van der Waals surface area contributed by atoms with E-state index >= 15 is 0 Å². The molecule has 0 aliphatic rings. The molecule has 0 N–H and O–H groups in total. The van der Waals surface area contributed by atoms with Gasteiger partial charge >= 0.3 is 125 Å². The van der Waals surface area contributed by atoms with Crippen LogP contribution in [0.3, 0.4) is 0 Å². The Morgan fingerprint density at radius 2 is 1.68 bits per heavy atom. The topological polar surface area (TPSA) is 9.23 Å². The summed E-state index contributed by atoms with van der Waals surface area (Å²) >= 11 is 2.14. The second-order valence-corrected chi connectivity index (χ2v) is 7.04. The van der Waals surface area contributed by atoms with Crippen LogP contribution in [0.4, 0.5) is 0 Å². The van der Waals surface area contributed by atoms with Crippen LogP contribution < -0.4 is 4.46 Å². The van der Waals surface area contributed by atoms with Crippen molar-refractivity contribution in [3.8, 4) is 0 Å². The Kier molecular flexibility index (Phi) is 6.25. The molecule has 0 amide bonds. The monoisotopic (exact) mass is 336 g/mol. The molecular formula is C16H16OSSe. The molecule has 0 radical (unpaired) electrons. The van der Waals surface area contributed by atoms with Gasteiger partial charge in [-0.1, -0.05) is 0 Å². The first-order chi connectivity index (χ1) is 9.38. The van der Waals surface area contributed by atoms with Crippen LogP contribution >= 0.6 is 11.8 Å². The second-order valence-electron chi connectivity index (χ2n) is 3.86. The normalized spacial score (nSPS) is 11.5. The van der Waals surface area contributed by atoms with E-state index in [0.29, 0.717) is 21.6 Å². The van der Waals surface area contributed by atoms with Crippen LogP contribution in [-0.2, 0) is 4.74 Å². The molecule has 0 heterocycles. The van der Waals surface area contributed by atoms with Gasteiger partial charge in [-0.2, -0.15) is 0 Å². The summed E-state index contributed by atoms with van der Waals surface area (Å²) < 4.78 is 6.67. The van der Waals surface area contributed by atoms with E-state index in [0.717, 1.165) is 0 Å². The van der Waals surface area contributed by atoms with Crippen molar-refractivity contribution in [2.75, 3.05) is 13.7 Å². The molecule has 0 atom stereocenters. The van der Waals surface area contributed by atoms with E-state index in [1.165, 1.54) is 14.3 Å². The van der Waals surface area contributed by atoms with Crippen molar-refractivity contribution in [2.24, 2.45) is 0 Å². The molecule has 2 rings (SSSR count). The zero-order chi connectivity index (χ0) is 13.3. The molecular weight excluding hydrogens is 319 g/mol. The Morgan fingerprint density at radius 3 is 2.32 bits per heavy atom. The van der Waals surface area contributed by atoms with E-state index in [1.807, 2.05) is 6.07 Å². The number of hydrogen-bond donors (Lipinski definition) is 0. The molecule has 98 valence electrons. The standard InChI is InChI=1S/C16H16OSSe/c1-17-12-15(18-14-8-4-2-5-9-14)13-19-16-10-6-3-7-11-16/h2-11,13H,12H2,1H3/b15-13-. The van der Waals surface area contributed by atoms with Crippen LogP contribution in [0.2, 0.25) is 0 Å². The third kappa shape index (κ3) is 5.25. The Balaban J connectivity index is 2.03. The van der Waals surface area contributed by atoms with E-state index in [4.69, 9.17) is 4.74 Å². The van der Waals surface area contributed by atoms with E-state index in [2.05, 4.69) is 59.6 Å². The summed E-state index contributed by atoms with van der Waals surface area (Å²) in [6.07, 6.45) is 0. The van der Waals surface area contributed by atoms with Crippen molar-refractivity contribution < 1.29 is 4.74 Å². The Bertz CT molecular complexity index is 511. The first-order valence-electron chi connectivity index (χ1n) is 6.01. The molecule has 0 bridgehead atoms. The summed E-state index contributed by atoms with van der Waals surface area (Å²) in [5.74, 6) is 0. The van der Waals surface area contributed by atoms with Gasteiger partial charge in [0, 0.05) is 0 Å². The van der Waals surface area contributed by atoms with Crippen LogP contribution in [-0.4, -0.2) is 28.7 Å². The number of benzene rings is 2. The molecule has 3 heteroatoms. The molecule has 19 heavy (non-hydrogen) atoms. The van der Waals surface area contributed by atoms with Gasteiger partial charge in [0.15, 0.2) is 0 Å². The summed E-state index contributed by atoms with van der Waals surface area (Å²) in [4.78, 5) is 4.84. The average molecular weight is 335 g/mol. The third-order valence-electron chi connectivity index (χ3n) is 2.35. The number of methoxy groups -OCH3 is 1. The zero-order valence-electron chi connectivity index (χ0n) is 10.8. The first-order valence-corrected chi connectivity index (χ1v) is 8.67. The summed E-state index contributed by atoms with van der Waals surface area (Å²) in [6.45, 7) is 0.675. The van der Waals surface area contributed by atoms with Gasteiger partial charge in [-0.3, -0.25) is 0 Å².